The number of aromatic nitrogens is 3. The minimum Gasteiger partial charge on any atom is -0.477 e. The van der Waals surface area contributed by atoms with Crippen molar-refractivity contribution in [3.8, 4) is 0 Å². The zero-order valence-corrected chi connectivity index (χ0v) is 15.4. The summed E-state index contributed by atoms with van der Waals surface area (Å²) in [6.45, 7) is 6.30. The fraction of sp³-hybridized carbons (Fsp3) is 0.421. The van der Waals surface area contributed by atoms with Gasteiger partial charge < -0.3 is 25.2 Å². The largest absolute Gasteiger partial charge is 0.477 e. The SMILES string of the molecule is CN1CCN(CCCNc2nc3cnccc3c3[nH]c(C(=O)O)cc23)CC1. The zero-order chi connectivity index (χ0) is 18.8. The van der Waals surface area contributed by atoms with E-state index in [2.05, 4.69) is 37.1 Å². The Bertz CT molecular complexity index is 961. The monoisotopic (exact) mass is 368 g/mol. The van der Waals surface area contributed by atoms with E-state index in [1.54, 1.807) is 18.5 Å². The predicted octanol–water partition coefficient (Wildman–Crippen LogP) is 1.86. The number of H-pyrrole nitrogens is 1. The van der Waals surface area contributed by atoms with Crippen LogP contribution in [0.1, 0.15) is 16.9 Å². The number of rotatable bonds is 6. The predicted molar refractivity (Wildman–Crippen MR) is 105 cm³/mol. The highest BCUT2D eigenvalue weighted by molar-refractivity contribution is 6.10. The first-order valence-electron chi connectivity index (χ1n) is 9.26. The van der Waals surface area contributed by atoms with E-state index in [9.17, 15) is 9.90 Å². The average Bonchev–Trinajstić information content (AvgIpc) is 3.13. The van der Waals surface area contributed by atoms with Gasteiger partial charge in [-0.1, -0.05) is 0 Å². The van der Waals surface area contributed by atoms with Gasteiger partial charge in [-0.3, -0.25) is 4.98 Å². The molecular weight excluding hydrogens is 344 g/mol. The van der Waals surface area contributed by atoms with Crippen LogP contribution in [0.5, 0.6) is 0 Å². The van der Waals surface area contributed by atoms with Gasteiger partial charge in [0.15, 0.2) is 0 Å². The molecule has 1 aliphatic rings. The van der Waals surface area contributed by atoms with Crippen molar-refractivity contribution in [2.24, 2.45) is 0 Å². The van der Waals surface area contributed by atoms with Crippen LogP contribution >= 0.6 is 0 Å². The maximum absolute atomic E-state index is 11.4. The second-order valence-corrected chi connectivity index (χ2v) is 7.06. The molecule has 0 atom stereocenters. The number of hydrogen-bond donors (Lipinski definition) is 3. The zero-order valence-electron chi connectivity index (χ0n) is 15.4. The Morgan fingerprint density at radius 1 is 1.30 bits per heavy atom. The summed E-state index contributed by atoms with van der Waals surface area (Å²) in [5, 5.41) is 14.4. The topological polar surface area (TPSA) is 97.4 Å². The third-order valence-electron chi connectivity index (χ3n) is 5.14. The van der Waals surface area contributed by atoms with Crippen molar-refractivity contribution < 1.29 is 9.90 Å². The number of hydrogen-bond acceptors (Lipinski definition) is 6. The molecule has 0 aromatic carbocycles. The molecule has 0 radical (unpaired) electrons. The van der Waals surface area contributed by atoms with Crippen LogP contribution in [0.2, 0.25) is 0 Å². The summed E-state index contributed by atoms with van der Waals surface area (Å²) in [4.78, 5) is 28.0. The Morgan fingerprint density at radius 3 is 2.89 bits per heavy atom. The molecule has 0 unspecified atom stereocenters. The molecule has 8 heteroatoms. The van der Waals surface area contributed by atoms with E-state index in [1.165, 1.54) is 0 Å². The highest BCUT2D eigenvalue weighted by Crippen LogP contribution is 2.29. The average molecular weight is 368 g/mol. The lowest BCUT2D eigenvalue weighted by Crippen LogP contribution is -2.44. The maximum atomic E-state index is 11.4. The van der Waals surface area contributed by atoms with Crippen LogP contribution in [0.15, 0.2) is 24.5 Å². The van der Waals surface area contributed by atoms with E-state index in [0.717, 1.165) is 67.5 Å². The van der Waals surface area contributed by atoms with Crippen LogP contribution in [-0.2, 0) is 0 Å². The lowest BCUT2D eigenvalue weighted by atomic mass is 10.2. The van der Waals surface area contributed by atoms with E-state index < -0.39 is 5.97 Å². The third-order valence-corrected chi connectivity index (χ3v) is 5.14. The molecule has 3 aromatic heterocycles. The molecule has 0 bridgehead atoms. The van der Waals surface area contributed by atoms with Gasteiger partial charge in [-0.25, -0.2) is 9.78 Å². The third kappa shape index (κ3) is 3.72. The quantitative estimate of drug-likeness (QED) is 0.571. The van der Waals surface area contributed by atoms with Crippen molar-refractivity contribution in [1.82, 2.24) is 24.8 Å². The number of fused-ring (bicyclic) bond motifs is 3. The minimum atomic E-state index is -0.977. The molecule has 0 amide bonds. The van der Waals surface area contributed by atoms with Crippen molar-refractivity contribution in [3.05, 3.63) is 30.2 Å². The molecule has 4 heterocycles. The number of carbonyl (C=O) groups is 1. The van der Waals surface area contributed by atoms with E-state index in [1.807, 2.05) is 6.07 Å². The van der Waals surface area contributed by atoms with E-state index in [-0.39, 0.29) is 5.69 Å². The molecule has 0 aliphatic carbocycles. The summed E-state index contributed by atoms with van der Waals surface area (Å²) in [6.07, 6.45) is 4.40. The van der Waals surface area contributed by atoms with Crippen LogP contribution < -0.4 is 5.32 Å². The van der Waals surface area contributed by atoms with Crippen LogP contribution in [0.25, 0.3) is 21.8 Å². The minimum absolute atomic E-state index is 0.164. The summed E-state index contributed by atoms with van der Waals surface area (Å²) in [6, 6.07) is 3.50. The highest BCUT2D eigenvalue weighted by Gasteiger charge is 2.16. The number of likely N-dealkylation sites (N-methyl/N-ethyl adjacent to an activating group) is 1. The molecular formula is C19H24N6O2. The summed E-state index contributed by atoms with van der Waals surface area (Å²) in [7, 11) is 2.16. The lowest BCUT2D eigenvalue weighted by Gasteiger charge is -2.32. The fourth-order valence-corrected chi connectivity index (χ4v) is 3.55. The molecule has 8 nitrogen and oxygen atoms in total. The molecule has 1 fully saturated rings. The van der Waals surface area contributed by atoms with Gasteiger partial charge in [0.05, 0.1) is 17.2 Å². The number of aromatic carboxylic acids is 1. The Hall–Kier alpha value is -2.71. The van der Waals surface area contributed by atoms with Crippen LogP contribution in [0.3, 0.4) is 0 Å². The molecule has 0 spiro atoms. The summed E-state index contributed by atoms with van der Waals surface area (Å²) in [5.41, 5.74) is 1.68. The normalized spacial score (nSPS) is 16.2. The number of piperazine rings is 1. The van der Waals surface area contributed by atoms with Crippen molar-refractivity contribution in [3.63, 3.8) is 0 Å². The number of carboxylic acid groups (broad SMARTS) is 1. The highest BCUT2D eigenvalue weighted by atomic mass is 16.4. The van der Waals surface area contributed by atoms with Crippen LogP contribution in [0.4, 0.5) is 5.82 Å². The van der Waals surface area contributed by atoms with Crippen molar-refractivity contribution >= 4 is 33.6 Å². The number of anilines is 1. The van der Waals surface area contributed by atoms with Gasteiger partial charge in [-0.15, -0.1) is 0 Å². The van der Waals surface area contributed by atoms with Crippen LogP contribution in [-0.4, -0.2) is 82.1 Å². The van der Waals surface area contributed by atoms with Gasteiger partial charge in [-0.2, -0.15) is 0 Å². The molecule has 142 valence electrons. The Labute approximate surface area is 157 Å². The molecule has 1 aliphatic heterocycles. The standard InChI is InChI=1S/C19H24N6O2/c1-24-7-9-25(10-8-24)6-2-4-21-18-14-11-15(19(26)27)22-17(14)13-3-5-20-12-16(13)23-18/h3,5,11-12,22H,2,4,6-10H2,1H3,(H,21,23)(H,26,27). The molecule has 3 aromatic rings. The number of pyridine rings is 2. The van der Waals surface area contributed by atoms with Gasteiger partial charge >= 0.3 is 5.97 Å². The van der Waals surface area contributed by atoms with Crippen molar-refractivity contribution in [1.29, 1.82) is 0 Å². The number of aromatic amines is 1. The van der Waals surface area contributed by atoms with Gasteiger partial charge in [-0.05, 0) is 32.1 Å². The Morgan fingerprint density at radius 2 is 2.11 bits per heavy atom. The first kappa shape index (κ1) is 17.7. The number of carboxylic acids is 1. The second-order valence-electron chi connectivity index (χ2n) is 7.06. The Balaban J connectivity index is 1.51. The van der Waals surface area contributed by atoms with Crippen molar-refractivity contribution in [2.75, 3.05) is 51.6 Å². The fourth-order valence-electron chi connectivity index (χ4n) is 3.55. The second kappa shape index (κ2) is 7.50. The number of nitrogens with zero attached hydrogens (tertiary/aromatic N) is 4. The molecule has 0 saturated carbocycles. The van der Waals surface area contributed by atoms with Gasteiger partial charge in [0.2, 0.25) is 0 Å². The van der Waals surface area contributed by atoms with Crippen LogP contribution in [0, 0.1) is 0 Å². The smallest absolute Gasteiger partial charge is 0.352 e. The molecule has 4 rings (SSSR count). The summed E-state index contributed by atoms with van der Waals surface area (Å²) in [5.74, 6) is -0.276. The lowest BCUT2D eigenvalue weighted by molar-refractivity contribution is 0.0691. The van der Waals surface area contributed by atoms with E-state index in [4.69, 9.17) is 0 Å². The molecule has 1 saturated heterocycles. The Kier molecular flexibility index (Phi) is 4.91. The molecule has 3 N–H and O–H groups in total. The first-order valence-corrected chi connectivity index (χ1v) is 9.26. The molecule has 27 heavy (non-hydrogen) atoms. The van der Waals surface area contributed by atoms with Gasteiger partial charge in [0.1, 0.15) is 11.5 Å². The van der Waals surface area contributed by atoms with Gasteiger partial charge in [0.25, 0.3) is 0 Å². The summed E-state index contributed by atoms with van der Waals surface area (Å²) >= 11 is 0. The van der Waals surface area contributed by atoms with Gasteiger partial charge in [0, 0.05) is 49.7 Å². The number of nitrogens with one attached hydrogen (secondary N) is 2. The first-order chi connectivity index (χ1) is 13.1. The van der Waals surface area contributed by atoms with E-state index >= 15 is 0 Å². The van der Waals surface area contributed by atoms with Crippen molar-refractivity contribution in [2.45, 2.75) is 6.42 Å². The maximum Gasteiger partial charge on any atom is 0.352 e. The summed E-state index contributed by atoms with van der Waals surface area (Å²) < 4.78 is 0. The van der Waals surface area contributed by atoms with E-state index in [0.29, 0.717) is 5.82 Å².